The number of ketones is 2. The highest BCUT2D eigenvalue weighted by atomic mass is 16.2. The lowest BCUT2D eigenvalue weighted by Crippen LogP contribution is -2.00. The lowest BCUT2D eigenvalue weighted by molar-refractivity contribution is 0.0990. The summed E-state index contributed by atoms with van der Waals surface area (Å²) in [6.45, 7) is 0.572. The summed E-state index contributed by atoms with van der Waals surface area (Å²) in [4.78, 5) is 25.2. The van der Waals surface area contributed by atoms with E-state index in [-0.39, 0.29) is 17.1 Å². The molecule has 120 valence electrons. The van der Waals surface area contributed by atoms with Crippen molar-refractivity contribution in [1.82, 2.24) is 4.57 Å². The predicted octanol–water partition coefficient (Wildman–Crippen LogP) is 4.02. The number of rotatable bonds is 3. The quantitative estimate of drug-likeness (QED) is 0.539. The van der Waals surface area contributed by atoms with Gasteiger partial charge in [-0.1, -0.05) is 42.5 Å². The number of carbonyl (C=O) groups excluding carboxylic acids is 2. The number of hydrogen-bond donors (Lipinski definition) is 0. The van der Waals surface area contributed by atoms with E-state index in [4.69, 9.17) is 5.26 Å². The van der Waals surface area contributed by atoms with Crippen LogP contribution >= 0.6 is 0 Å². The van der Waals surface area contributed by atoms with Gasteiger partial charge in [-0.3, -0.25) is 9.59 Å². The molecule has 1 aliphatic rings. The van der Waals surface area contributed by atoms with Crippen LogP contribution in [0.1, 0.15) is 32.7 Å². The zero-order valence-corrected chi connectivity index (χ0v) is 13.4. The molecule has 0 amide bonds. The van der Waals surface area contributed by atoms with Crippen LogP contribution in [-0.2, 0) is 6.54 Å². The number of para-hydroxylation sites is 1. The minimum absolute atomic E-state index is 0.199. The molecule has 0 unspecified atom stereocenters. The topological polar surface area (TPSA) is 62.9 Å². The van der Waals surface area contributed by atoms with Gasteiger partial charge >= 0.3 is 0 Å². The van der Waals surface area contributed by atoms with Crippen LogP contribution in [0, 0.1) is 11.3 Å². The maximum absolute atomic E-state index is 12.6. The molecule has 0 saturated heterocycles. The average Bonchev–Trinajstić information content (AvgIpc) is 3.12. The van der Waals surface area contributed by atoms with Crippen LogP contribution in [0.25, 0.3) is 17.0 Å². The van der Waals surface area contributed by atoms with Gasteiger partial charge in [0.05, 0.1) is 18.1 Å². The van der Waals surface area contributed by atoms with Crippen molar-refractivity contribution in [2.75, 3.05) is 0 Å². The molecule has 0 aliphatic heterocycles. The summed E-state index contributed by atoms with van der Waals surface area (Å²) in [5.41, 5.74) is 2.93. The van der Waals surface area contributed by atoms with Gasteiger partial charge in [-0.2, -0.15) is 5.26 Å². The Morgan fingerprint density at radius 3 is 2.28 bits per heavy atom. The number of benzene rings is 2. The third kappa shape index (κ3) is 2.38. The first-order chi connectivity index (χ1) is 12.2. The van der Waals surface area contributed by atoms with Crippen LogP contribution in [0.4, 0.5) is 0 Å². The van der Waals surface area contributed by atoms with E-state index >= 15 is 0 Å². The standard InChI is InChI=1S/C21H14N2O2/c22-10-5-11-23-13-14(15-6-3-4-9-19(15)23)12-18-20(24)16-7-1-2-8-17(16)21(18)25/h1-4,6-9,12-13H,5,11H2. The second kappa shape index (κ2) is 5.88. The van der Waals surface area contributed by atoms with E-state index in [0.29, 0.717) is 24.1 Å². The number of aryl methyl sites for hydroxylation is 1. The third-order valence-electron chi connectivity index (χ3n) is 4.49. The number of nitrogens with zero attached hydrogens (tertiary/aromatic N) is 2. The largest absolute Gasteiger partial charge is 0.346 e. The lowest BCUT2D eigenvalue weighted by Gasteiger charge is -2.00. The molecule has 4 heteroatoms. The normalized spacial score (nSPS) is 13.2. The average molecular weight is 326 g/mol. The Bertz CT molecular complexity index is 1060. The second-order valence-corrected chi connectivity index (χ2v) is 5.96. The van der Waals surface area contributed by atoms with Crippen molar-refractivity contribution in [3.05, 3.63) is 77.0 Å². The molecule has 0 spiro atoms. The van der Waals surface area contributed by atoms with E-state index in [9.17, 15) is 9.59 Å². The van der Waals surface area contributed by atoms with Crippen LogP contribution in [0.3, 0.4) is 0 Å². The summed E-state index contributed by atoms with van der Waals surface area (Å²) in [6.07, 6.45) is 3.98. The summed E-state index contributed by atoms with van der Waals surface area (Å²) in [6, 6.07) is 16.8. The first-order valence-corrected chi connectivity index (χ1v) is 8.05. The molecular weight excluding hydrogens is 312 g/mol. The van der Waals surface area contributed by atoms with Gasteiger partial charge in [0.1, 0.15) is 0 Å². The smallest absolute Gasteiger partial charge is 0.197 e. The Morgan fingerprint density at radius 2 is 1.60 bits per heavy atom. The molecule has 0 saturated carbocycles. The first kappa shape index (κ1) is 15.1. The Hall–Kier alpha value is -3.45. The third-order valence-corrected chi connectivity index (χ3v) is 4.49. The van der Waals surface area contributed by atoms with Crippen molar-refractivity contribution >= 4 is 28.5 Å². The number of Topliss-reactive ketones (excluding diaryl/α,β-unsaturated/α-hetero) is 2. The minimum Gasteiger partial charge on any atom is -0.346 e. The van der Waals surface area contributed by atoms with E-state index in [0.717, 1.165) is 16.5 Å². The van der Waals surface area contributed by atoms with Crippen LogP contribution < -0.4 is 0 Å². The van der Waals surface area contributed by atoms with Gasteiger partial charge < -0.3 is 4.57 Å². The summed E-state index contributed by atoms with van der Waals surface area (Å²) in [7, 11) is 0. The highest BCUT2D eigenvalue weighted by molar-refractivity contribution is 6.41. The summed E-state index contributed by atoms with van der Waals surface area (Å²) in [5.74, 6) is -0.455. The fraction of sp³-hybridized carbons (Fsp3) is 0.0952. The molecule has 1 aromatic heterocycles. The molecule has 0 N–H and O–H groups in total. The number of aromatic nitrogens is 1. The van der Waals surface area contributed by atoms with Crippen molar-refractivity contribution in [1.29, 1.82) is 5.26 Å². The molecular formula is C21H14N2O2. The van der Waals surface area contributed by atoms with Crippen LogP contribution in [-0.4, -0.2) is 16.1 Å². The molecule has 3 aromatic rings. The number of allylic oxidation sites excluding steroid dienone is 1. The molecule has 4 rings (SSSR count). The van der Waals surface area contributed by atoms with Crippen molar-refractivity contribution in [2.45, 2.75) is 13.0 Å². The molecule has 0 radical (unpaired) electrons. The Labute approximate surface area is 144 Å². The van der Waals surface area contributed by atoms with E-state index < -0.39 is 0 Å². The fourth-order valence-corrected chi connectivity index (χ4v) is 3.30. The maximum Gasteiger partial charge on any atom is 0.197 e. The van der Waals surface area contributed by atoms with Crippen molar-refractivity contribution in [3.63, 3.8) is 0 Å². The monoisotopic (exact) mass is 326 g/mol. The van der Waals surface area contributed by atoms with Gasteiger partial charge in [0.25, 0.3) is 0 Å². The number of carbonyl (C=O) groups is 2. The molecule has 1 aliphatic carbocycles. The van der Waals surface area contributed by atoms with Gasteiger partial charge in [0, 0.05) is 40.3 Å². The van der Waals surface area contributed by atoms with Gasteiger partial charge in [-0.05, 0) is 12.1 Å². The Balaban J connectivity index is 1.84. The zero-order chi connectivity index (χ0) is 17.4. The molecule has 0 bridgehead atoms. The van der Waals surface area contributed by atoms with Crippen LogP contribution in [0.15, 0.2) is 60.3 Å². The zero-order valence-electron chi connectivity index (χ0n) is 13.4. The van der Waals surface area contributed by atoms with Crippen molar-refractivity contribution < 1.29 is 9.59 Å². The molecule has 2 aromatic carbocycles. The molecule has 0 fully saturated rings. The van der Waals surface area contributed by atoms with Gasteiger partial charge in [-0.15, -0.1) is 0 Å². The summed E-state index contributed by atoms with van der Waals surface area (Å²) in [5, 5.41) is 9.80. The molecule has 25 heavy (non-hydrogen) atoms. The first-order valence-electron chi connectivity index (χ1n) is 8.05. The maximum atomic E-state index is 12.6. The van der Waals surface area contributed by atoms with E-state index in [2.05, 4.69) is 6.07 Å². The molecule has 1 heterocycles. The highest BCUT2D eigenvalue weighted by Gasteiger charge is 2.32. The number of fused-ring (bicyclic) bond motifs is 2. The fourth-order valence-electron chi connectivity index (χ4n) is 3.30. The van der Waals surface area contributed by atoms with Gasteiger partial charge in [-0.25, -0.2) is 0 Å². The van der Waals surface area contributed by atoms with Crippen molar-refractivity contribution in [3.8, 4) is 6.07 Å². The van der Waals surface area contributed by atoms with Crippen molar-refractivity contribution in [2.24, 2.45) is 0 Å². The SMILES string of the molecule is N#CCCn1cc(C=C2C(=O)c3ccccc3C2=O)c2ccccc21. The van der Waals surface area contributed by atoms with Crippen LogP contribution in [0.5, 0.6) is 0 Å². The number of hydrogen-bond acceptors (Lipinski definition) is 3. The van der Waals surface area contributed by atoms with E-state index in [1.165, 1.54) is 0 Å². The lowest BCUT2D eigenvalue weighted by atomic mass is 10.1. The molecule has 0 atom stereocenters. The van der Waals surface area contributed by atoms with Crippen LogP contribution in [0.2, 0.25) is 0 Å². The summed E-state index contributed by atoms with van der Waals surface area (Å²) < 4.78 is 1.99. The Morgan fingerprint density at radius 1 is 0.960 bits per heavy atom. The predicted molar refractivity (Wildman–Crippen MR) is 95.2 cm³/mol. The minimum atomic E-state index is -0.227. The second-order valence-electron chi connectivity index (χ2n) is 5.96. The number of nitriles is 1. The van der Waals surface area contributed by atoms with Gasteiger partial charge in [0.2, 0.25) is 0 Å². The Kier molecular flexibility index (Phi) is 3.55. The highest BCUT2D eigenvalue weighted by Crippen LogP contribution is 2.30. The van der Waals surface area contributed by atoms with E-state index in [1.807, 2.05) is 35.0 Å². The van der Waals surface area contributed by atoms with Gasteiger partial charge in [0.15, 0.2) is 11.6 Å². The summed E-state index contributed by atoms with van der Waals surface area (Å²) >= 11 is 0. The van der Waals surface area contributed by atoms with E-state index in [1.54, 1.807) is 30.3 Å². The molecule has 4 nitrogen and oxygen atoms in total.